The summed E-state index contributed by atoms with van der Waals surface area (Å²) in [5, 5.41) is 0. The number of allylic oxidation sites excluding steroid dienone is 1. The van der Waals surface area contributed by atoms with Gasteiger partial charge in [-0.25, -0.2) is 8.78 Å². The topological polar surface area (TPSA) is 15.6 Å². The van der Waals surface area contributed by atoms with Gasteiger partial charge in [0.1, 0.15) is 11.6 Å². The van der Waals surface area contributed by atoms with Gasteiger partial charge in [-0.15, -0.1) is 11.6 Å². The maximum Gasteiger partial charge on any atom is 0.129 e. The molecule has 5 heteroatoms. The van der Waals surface area contributed by atoms with Gasteiger partial charge in [-0.05, 0) is 42.0 Å². The van der Waals surface area contributed by atoms with Crippen LogP contribution in [0.5, 0.6) is 0 Å². The Kier molecular flexibility index (Phi) is 5.55. The van der Waals surface area contributed by atoms with Crippen LogP contribution < -0.4 is 0 Å². The third-order valence-electron chi connectivity index (χ3n) is 5.79. The number of rotatable bonds is 5. The Morgan fingerprint density at radius 3 is 2.59 bits per heavy atom. The summed E-state index contributed by atoms with van der Waals surface area (Å²) in [5.74, 6) is -1.10. The average Bonchev–Trinajstić information content (AvgIpc) is 3.25. The fourth-order valence-corrected chi connectivity index (χ4v) is 4.38. The second-order valence-electron chi connectivity index (χ2n) is 7.73. The number of benzene rings is 2. The molecular weight excluding hydrogens is 390 g/mol. The molecule has 0 unspecified atom stereocenters. The molecule has 0 N–H and O–H groups in total. The lowest BCUT2D eigenvalue weighted by molar-refractivity contribution is 0.271. The van der Waals surface area contributed by atoms with Crippen LogP contribution in [0.3, 0.4) is 0 Å². The molecule has 0 aromatic heterocycles. The minimum absolute atomic E-state index is 0.391. The van der Waals surface area contributed by atoms with E-state index in [-0.39, 0.29) is 0 Å². The first kappa shape index (κ1) is 19.8. The van der Waals surface area contributed by atoms with Gasteiger partial charge in [-0.1, -0.05) is 36.9 Å². The van der Waals surface area contributed by atoms with Crippen LogP contribution in [0.1, 0.15) is 36.0 Å². The van der Waals surface area contributed by atoms with Crippen LogP contribution in [0.2, 0.25) is 0 Å². The van der Waals surface area contributed by atoms with Gasteiger partial charge in [0.25, 0.3) is 0 Å². The molecule has 1 saturated heterocycles. The van der Waals surface area contributed by atoms with E-state index in [1.54, 1.807) is 0 Å². The van der Waals surface area contributed by atoms with Crippen LogP contribution in [-0.4, -0.2) is 29.1 Å². The summed E-state index contributed by atoms with van der Waals surface area (Å²) in [6, 6.07) is 11.9. The highest BCUT2D eigenvalue weighted by molar-refractivity contribution is 6.24. The summed E-state index contributed by atoms with van der Waals surface area (Å²) < 4.78 is 27.2. The first-order valence-corrected chi connectivity index (χ1v) is 10.2. The molecule has 0 atom stereocenters. The Hall–Kier alpha value is -2.46. The van der Waals surface area contributed by atoms with Crippen molar-refractivity contribution in [2.45, 2.75) is 30.6 Å². The number of piperidine rings is 1. The Labute approximate surface area is 175 Å². The summed E-state index contributed by atoms with van der Waals surface area (Å²) in [7, 11) is 0. The predicted molar refractivity (Wildman–Crippen MR) is 116 cm³/mol. The molecule has 2 aromatic rings. The average molecular weight is 413 g/mol. The summed E-state index contributed by atoms with van der Waals surface area (Å²) in [5.41, 5.74) is 4.89. The fourth-order valence-electron chi connectivity index (χ4n) is 4.07. The Bertz CT molecular complexity index is 988. The van der Waals surface area contributed by atoms with Crippen LogP contribution >= 0.6 is 11.6 Å². The van der Waals surface area contributed by atoms with E-state index in [1.807, 2.05) is 24.5 Å². The smallest absolute Gasteiger partial charge is 0.129 e. The highest BCUT2D eigenvalue weighted by Crippen LogP contribution is 2.37. The van der Waals surface area contributed by atoms with Gasteiger partial charge < -0.3 is 4.90 Å². The molecule has 2 aromatic carbocycles. The number of alkyl halides is 1. The summed E-state index contributed by atoms with van der Waals surface area (Å²) in [4.78, 5) is 5.94. The normalized spacial score (nSPS) is 18.0. The molecule has 1 fully saturated rings. The van der Waals surface area contributed by atoms with Gasteiger partial charge in [0, 0.05) is 49.3 Å². The van der Waals surface area contributed by atoms with E-state index >= 15 is 0 Å². The monoisotopic (exact) mass is 412 g/mol. The number of hydrogen-bond donors (Lipinski definition) is 0. The molecule has 150 valence electrons. The van der Waals surface area contributed by atoms with E-state index < -0.39 is 16.5 Å². The van der Waals surface area contributed by atoms with E-state index in [2.05, 4.69) is 28.6 Å². The van der Waals surface area contributed by atoms with Crippen LogP contribution in [0.15, 0.2) is 60.2 Å². The molecule has 4 rings (SSSR count). The van der Waals surface area contributed by atoms with Crippen molar-refractivity contribution >= 4 is 29.1 Å². The van der Waals surface area contributed by atoms with E-state index in [4.69, 9.17) is 11.6 Å². The van der Waals surface area contributed by atoms with Crippen molar-refractivity contribution in [3.05, 3.63) is 83.6 Å². The maximum atomic E-state index is 14.1. The molecule has 2 aliphatic heterocycles. The number of likely N-dealkylation sites (tertiary alicyclic amines) is 1. The van der Waals surface area contributed by atoms with Crippen molar-refractivity contribution in [3.63, 3.8) is 0 Å². The van der Waals surface area contributed by atoms with Crippen molar-refractivity contribution in [1.29, 1.82) is 0 Å². The number of nitrogens with zero attached hydrogens (tertiary/aromatic N) is 2. The molecular formula is C24H23ClF2N2. The molecule has 0 saturated carbocycles. The summed E-state index contributed by atoms with van der Waals surface area (Å²) in [6.45, 7) is 5.84. The molecule has 2 aliphatic rings. The van der Waals surface area contributed by atoms with Crippen LogP contribution in [0.25, 0.3) is 11.3 Å². The van der Waals surface area contributed by atoms with Gasteiger partial charge >= 0.3 is 0 Å². The van der Waals surface area contributed by atoms with Crippen molar-refractivity contribution in [3.8, 4) is 0 Å². The SMILES string of the molecule is C=C(c1ccccc1C1=CN=CC1)N1CCC(Cl)(Cc2ccc(F)cc2F)CC1. The third kappa shape index (κ3) is 4.27. The molecule has 29 heavy (non-hydrogen) atoms. The second kappa shape index (κ2) is 8.11. The highest BCUT2D eigenvalue weighted by Gasteiger charge is 2.34. The third-order valence-corrected chi connectivity index (χ3v) is 6.31. The second-order valence-corrected chi connectivity index (χ2v) is 8.53. The molecule has 2 nitrogen and oxygen atoms in total. The summed E-state index contributed by atoms with van der Waals surface area (Å²) in [6.07, 6.45) is 6.45. The van der Waals surface area contributed by atoms with Gasteiger partial charge in [-0.2, -0.15) is 0 Å². The number of halogens is 3. The van der Waals surface area contributed by atoms with Gasteiger partial charge in [0.2, 0.25) is 0 Å². The lowest BCUT2D eigenvalue weighted by atomic mass is 9.88. The van der Waals surface area contributed by atoms with Crippen LogP contribution in [-0.2, 0) is 6.42 Å². The van der Waals surface area contributed by atoms with Crippen molar-refractivity contribution in [2.24, 2.45) is 4.99 Å². The number of aliphatic imine (C=N–C) groups is 1. The van der Waals surface area contributed by atoms with Crippen LogP contribution in [0.4, 0.5) is 8.78 Å². The predicted octanol–water partition coefficient (Wildman–Crippen LogP) is 6.07. The quantitative estimate of drug-likeness (QED) is 0.544. The number of hydrogen-bond acceptors (Lipinski definition) is 2. The standard InChI is InChI=1S/C24H23ClF2N2/c1-17(21-4-2-3-5-22(21)19-8-11-28-16-19)29-12-9-24(25,10-13-29)15-18-6-7-20(26)14-23(18)27/h2-7,11,14,16H,1,8-10,12-13,15H2. The van der Waals surface area contributed by atoms with E-state index in [0.717, 1.165) is 42.4 Å². The molecule has 0 aliphatic carbocycles. The zero-order valence-electron chi connectivity index (χ0n) is 16.2. The zero-order chi connectivity index (χ0) is 20.4. The largest absolute Gasteiger partial charge is 0.371 e. The van der Waals surface area contributed by atoms with E-state index in [9.17, 15) is 8.78 Å². The van der Waals surface area contributed by atoms with Crippen molar-refractivity contribution in [1.82, 2.24) is 4.90 Å². The molecule has 0 radical (unpaired) electrons. The van der Waals surface area contributed by atoms with Crippen LogP contribution in [0, 0.1) is 11.6 Å². The highest BCUT2D eigenvalue weighted by atomic mass is 35.5. The lowest BCUT2D eigenvalue weighted by Gasteiger charge is -2.40. The maximum absolute atomic E-state index is 14.1. The molecule has 0 bridgehead atoms. The Morgan fingerprint density at radius 2 is 1.90 bits per heavy atom. The van der Waals surface area contributed by atoms with E-state index in [0.29, 0.717) is 24.8 Å². The molecule has 2 heterocycles. The van der Waals surface area contributed by atoms with Gasteiger partial charge in [0.05, 0.1) is 4.87 Å². The summed E-state index contributed by atoms with van der Waals surface area (Å²) >= 11 is 6.83. The molecule has 0 spiro atoms. The minimum Gasteiger partial charge on any atom is -0.371 e. The van der Waals surface area contributed by atoms with Gasteiger partial charge in [0.15, 0.2) is 0 Å². The Balaban J connectivity index is 1.45. The Morgan fingerprint density at radius 1 is 1.14 bits per heavy atom. The first-order chi connectivity index (χ1) is 14.0. The first-order valence-electron chi connectivity index (χ1n) is 9.82. The lowest BCUT2D eigenvalue weighted by Crippen LogP contribution is -2.41. The molecule has 0 amide bonds. The van der Waals surface area contributed by atoms with E-state index in [1.165, 1.54) is 17.7 Å². The fraction of sp³-hybridized carbons (Fsp3) is 0.292. The van der Waals surface area contributed by atoms with Crippen molar-refractivity contribution < 1.29 is 8.78 Å². The van der Waals surface area contributed by atoms with Crippen molar-refractivity contribution in [2.75, 3.05) is 13.1 Å². The zero-order valence-corrected chi connectivity index (χ0v) is 16.9. The van der Waals surface area contributed by atoms with Gasteiger partial charge in [-0.3, -0.25) is 4.99 Å². The minimum atomic E-state index is -0.567.